The first-order valence-corrected chi connectivity index (χ1v) is 3.69. The van der Waals surface area contributed by atoms with Crippen LogP contribution in [0.3, 0.4) is 0 Å². The summed E-state index contributed by atoms with van der Waals surface area (Å²) in [6.45, 7) is 1.72. The molecular formula is C7H14O4. The van der Waals surface area contributed by atoms with E-state index in [1.54, 1.807) is 6.92 Å². The van der Waals surface area contributed by atoms with E-state index in [0.29, 0.717) is 6.42 Å². The van der Waals surface area contributed by atoms with E-state index in [1.807, 2.05) is 0 Å². The van der Waals surface area contributed by atoms with Crippen LogP contribution in [0.1, 0.15) is 13.3 Å². The molecule has 0 spiro atoms. The fraction of sp³-hybridized carbons (Fsp3) is 1.00. The molecule has 1 aliphatic rings. The van der Waals surface area contributed by atoms with Gasteiger partial charge in [0.15, 0.2) is 6.29 Å². The fourth-order valence-corrected chi connectivity index (χ4v) is 1.16. The maximum atomic E-state index is 9.28. The Labute approximate surface area is 65.7 Å². The third-order valence-electron chi connectivity index (χ3n) is 1.99. The monoisotopic (exact) mass is 162 g/mol. The topological polar surface area (TPSA) is 58.9 Å². The molecule has 0 bridgehead atoms. The minimum atomic E-state index is -0.904. The number of aliphatic hydroxyl groups is 2. The molecule has 1 aliphatic heterocycles. The maximum absolute atomic E-state index is 9.28. The Hall–Kier alpha value is -0.160. The lowest BCUT2D eigenvalue weighted by molar-refractivity contribution is -0.246. The lowest BCUT2D eigenvalue weighted by Gasteiger charge is -2.34. The molecule has 4 nitrogen and oxygen atoms in total. The maximum Gasteiger partial charge on any atom is 0.181 e. The zero-order chi connectivity index (χ0) is 8.43. The van der Waals surface area contributed by atoms with Crippen molar-refractivity contribution >= 4 is 0 Å². The van der Waals surface area contributed by atoms with Crippen molar-refractivity contribution in [1.29, 1.82) is 0 Å². The standard InChI is InChI=1S/C7H14O4/c1-4-5(8)3-6(10-2)7(9)11-4/h4-9H,3H2,1-2H3/t4-,5-,6+,7+/m1/s1. The van der Waals surface area contributed by atoms with E-state index in [-0.39, 0.29) is 6.10 Å². The largest absolute Gasteiger partial charge is 0.390 e. The summed E-state index contributed by atoms with van der Waals surface area (Å²) >= 11 is 0. The van der Waals surface area contributed by atoms with Gasteiger partial charge in [-0.25, -0.2) is 0 Å². The molecule has 0 amide bonds. The highest BCUT2D eigenvalue weighted by Crippen LogP contribution is 2.20. The fourth-order valence-electron chi connectivity index (χ4n) is 1.16. The molecule has 4 heteroatoms. The molecule has 0 aromatic carbocycles. The zero-order valence-corrected chi connectivity index (χ0v) is 6.73. The van der Waals surface area contributed by atoms with Gasteiger partial charge in [0.1, 0.15) is 6.10 Å². The van der Waals surface area contributed by atoms with Crippen LogP contribution in [0.25, 0.3) is 0 Å². The van der Waals surface area contributed by atoms with Crippen LogP contribution in [0.5, 0.6) is 0 Å². The summed E-state index contributed by atoms with van der Waals surface area (Å²) < 4.78 is 9.87. The van der Waals surface area contributed by atoms with Crippen LogP contribution in [0.15, 0.2) is 0 Å². The average Bonchev–Trinajstić information content (AvgIpc) is 1.97. The Balaban J connectivity index is 2.48. The normalized spacial score (nSPS) is 45.8. The van der Waals surface area contributed by atoms with Gasteiger partial charge >= 0.3 is 0 Å². The summed E-state index contributed by atoms with van der Waals surface area (Å²) in [7, 11) is 1.49. The predicted molar refractivity (Wildman–Crippen MR) is 38.0 cm³/mol. The van der Waals surface area contributed by atoms with Gasteiger partial charge in [0, 0.05) is 13.5 Å². The number of hydrogen-bond acceptors (Lipinski definition) is 4. The summed E-state index contributed by atoms with van der Waals surface area (Å²) in [5, 5.41) is 18.5. The van der Waals surface area contributed by atoms with Crippen LogP contribution in [0, 0.1) is 0 Å². The highest BCUT2D eigenvalue weighted by Gasteiger charge is 2.33. The van der Waals surface area contributed by atoms with Crippen molar-refractivity contribution in [2.45, 2.75) is 37.9 Å². The molecule has 1 saturated heterocycles. The van der Waals surface area contributed by atoms with E-state index in [2.05, 4.69) is 0 Å². The summed E-state index contributed by atoms with van der Waals surface area (Å²) in [5.74, 6) is 0. The number of methoxy groups -OCH3 is 1. The second kappa shape index (κ2) is 3.49. The van der Waals surface area contributed by atoms with Crippen molar-refractivity contribution in [3.05, 3.63) is 0 Å². The number of aliphatic hydroxyl groups excluding tert-OH is 2. The van der Waals surface area contributed by atoms with E-state index in [9.17, 15) is 10.2 Å². The number of rotatable bonds is 1. The van der Waals surface area contributed by atoms with Gasteiger partial charge in [0.2, 0.25) is 0 Å². The molecule has 2 N–H and O–H groups in total. The van der Waals surface area contributed by atoms with Crippen LogP contribution >= 0.6 is 0 Å². The molecule has 4 atom stereocenters. The highest BCUT2D eigenvalue weighted by atomic mass is 16.6. The lowest BCUT2D eigenvalue weighted by atomic mass is 10.0. The highest BCUT2D eigenvalue weighted by molar-refractivity contribution is 4.78. The van der Waals surface area contributed by atoms with Crippen LogP contribution in [-0.4, -0.2) is 41.9 Å². The van der Waals surface area contributed by atoms with Gasteiger partial charge in [-0.15, -0.1) is 0 Å². The molecular weight excluding hydrogens is 148 g/mol. The van der Waals surface area contributed by atoms with Gasteiger partial charge in [-0.05, 0) is 6.92 Å². The molecule has 1 rings (SSSR count). The number of ether oxygens (including phenoxy) is 2. The molecule has 11 heavy (non-hydrogen) atoms. The van der Waals surface area contributed by atoms with Crippen molar-refractivity contribution < 1.29 is 19.7 Å². The van der Waals surface area contributed by atoms with Crippen LogP contribution in [0.4, 0.5) is 0 Å². The Morgan fingerprint density at radius 1 is 1.45 bits per heavy atom. The molecule has 0 aromatic rings. The van der Waals surface area contributed by atoms with Gasteiger partial charge < -0.3 is 19.7 Å². The summed E-state index contributed by atoms with van der Waals surface area (Å²) in [6, 6.07) is 0. The third-order valence-corrected chi connectivity index (χ3v) is 1.99. The van der Waals surface area contributed by atoms with E-state index in [1.165, 1.54) is 7.11 Å². The SMILES string of the molecule is CO[C@H]1C[C@@H](O)[C@@H](C)O[C@@H]1O. The zero-order valence-electron chi connectivity index (χ0n) is 6.73. The van der Waals surface area contributed by atoms with Gasteiger partial charge in [-0.2, -0.15) is 0 Å². The molecule has 0 radical (unpaired) electrons. The predicted octanol–water partition coefficient (Wildman–Crippen LogP) is -0.510. The van der Waals surface area contributed by atoms with E-state index >= 15 is 0 Å². The Bertz CT molecular complexity index is 128. The van der Waals surface area contributed by atoms with Crippen LogP contribution < -0.4 is 0 Å². The minimum Gasteiger partial charge on any atom is -0.390 e. The van der Waals surface area contributed by atoms with E-state index in [4.69, 9.17) is 9.47 Å². The smallest absolute Gasteiger partial charge is 0.181 e. The van der Waals surface area contributed by atoms with Gasteiger partial charge in [-0.1, -0.05) is 0 Å². The second-order valence-electron chi connectivity index (χ2n) is 2.81. The third kappa shape index (κ3) is 1.90. The van der Waals surface area contributed by atoms with Crippen LogP contribution in [-0.2, 0) is 9.47 Å². The minimum absolute atomic E-state index is 0.309. The van der Waals surface area contributed by atoms with Crippen molar-refractivity contribution in [2.75, 3.05) is 7.11 Å². The first-order chi connectivity index (χ1) is 5.15. The quantitative estimate of drug-likeness (QED) is 0.545. The van der Waals surface area contributed by atoms with E-state index in [0.717, 1.165) is 0 Å². The average molecular weight is 162 g/mol. The summed E-state index contributed by atoms with van der Waals surface area (Å²) in [4.78, 5) is 0. The van der Waals surface area contributed by atoms with E-state index < -0.39 is 18.5 Å². The first kappa shape index (κ1) is 8.93. The second-order valence-corrected chi connectivity index (χ2v) is 2.81. The Kier molecular flexibility index (Phi) is 2.84. The number of hydrogen-bond donors (Lipinski definition) is 2. The van der Waals surface area contributed by atoms with Crippen molar-refractivity contribution in [1.82, 2.24) is 0 Å². The molecule has 0 aliphatic carbocycles. The first-order valence-electron chi connectivity index (χ1n) is 3.69. The lowest BCUT2D eigenvalue weighted by Crippen LogP contribution is -2.46. The van der Waals surface area contributed by atoms with Gasteiger partial charge in [-0.3, -0.25) is 0 Å². The molecule has 0 aromatic heterocycles. The van der Waals surface area contributed by atoms with Crippen molar-refractivity contribution in [3.63, 3.8) is 0 Å². The van der Waals surface area contributed by atoms with Crippen LogP contribution in [0.2, 0.25) is 0 Å². The summed E-state index contributed by atoms with van der Waals surface area (Å²) in [6.07, 6.45) is -1.72. The molecule has 66 valence electrons. The van der Waals surface area contributed by atoms with Gasteiger partial charge in [0.05, 0.1) is 12.2 Å². The summed E-state index contributed by atoms with van der Waals surface area (Å²) in [5.41, 5.74) is 0. The van der Waals surface area contributed by atoms with Crippen molar-refractivity contribution in [3.8, 4) is 0 Å². The molecule has 0 saturated carbocycles. The molecule has 1 heterocycles. The Morgan fingerprint density at radius 2 is 2.09 bits per heavy atom. The Morgan fingerprint density at radius 3 is 2.64 bits per heavy atom. The van der Waals surface area contributed by atoms with Crippen molar-refractivity contribution in [2.24, 2.45) is 0 Å². The molecule has 1 fully saturated rings. The van der Waals surface area contributed by atoms with Gasteiger partial charge in [0.25, 0.3) is 0 Å². The molecule has 0 unspecified atom stereocenters.